The fourth-order valence-corrected chi connectivity index (χ4v) is 5.26. The smallest absolute Gasteiger partial charge is 0.250 e. The Bertz CT molecular complexity index is 1210. The largest absolute Gasteiger partial charge is 0.493 e. The van der Waals surface area contributed by atoms with Gasteiger partial charge < -0.3 is 14.2 Å². The van der Waals surface area contributed by atoms with Crippen LogP contribution in [0.2, 0.25) is 0 Å². The van der Waals surface area contributed by atoms with Crippen LogP contribution in [0.5, 0.6) is 17.2 Å². The van der Waals surface area contributed by atoms with Crippen molar-refractivity contribution in [2.24, 2.45) is 5.10 Å². The third-order valence-electron chi connectivity index (χ3n) is 6.34. The Hall–Kier alpha value is -3.53. The van der Waals surface area contributed by atoms with Crippen molar-refractivity contribution in [1.29, 1.82) is 0 Å². The van der Waals surface area contributed by atoms with Crippen LogP contribution in [0.25, 0.3) is 11.4 Å². The first-order valence-electron chi connectivity index (χ1n) is 12.3. The molecule has 1 aliphatic rings. The number of aryl methyl sites for hydroxylation is 1. The summed E-state index contributed by atoms with van der Waals surface area (Å²) in [6, 6.07) is 12.2. The van der Waals surface area contributed by atoms with Crippen LogP contribution in [0.15, 0.2) is 46.7 Å². The maximum Gasteiger partial charge on any atom is 0.250 e. The predicted molar refractivity (Wildman–Crippen MR) is 145 cm³/mol. The molecule has 2 aromatic carbocycles. The zero-order valence-corrected chi connectivity index (χ0v) is 22.5. The van der Waals surface area contributed by atoms with Gasteiger partial charge in [-0.25, -0.2) is 5.43 Å². The number of ether oxygens (including phenoxy) is 3. The van der Waals surface area contributed by atoms with Crippen molar-refractivity contribution in [2.45, 2.75) is 50.2 Å². The summed E-state index contributed by atoms with van der Waals surface area (Å²) in [6.45, 7) is 2.07. The Labute approximate surface area is 221 Å². The Morgan fingerprint density at radius 1 is 1.05 bits per heavy atom. The van der Waals surface area contributed by atoms with E-state index in [1.54, 1.807) is 33.5 Å². The fourth-order valence-electron chi connectivity index (χ4n) is 4.46. The molecule has 0 spiro atoms. The lowest BCUT2D eigenvalue weighted by Crippen LogP contribution is -2.20. The normalized spacial score (nSPS) is 14.1. The molecule has 196 valence electrons. The van der Waals surface area contributed by atoms with Gasteiger partial charge in [0.05, 0.1) is 33.3 Å². The van der Waals surface area contributed by atoms with Crippen LogP contribution in [0.1, 0.15) is 49.3 Å². The van der Waals surface area contributed by atoms with Crippen LogP contribution < -0.4 is 19.6 Å². The van der Waals surface area contributed by atoms with Gasteiger partial charge >= 0.3 is 0 Å². The Kier molecular flexibility index (Phi) is 9.05. The molecular weight excluding hydrogens is 490 g/mol. The molecule has 1 amide bonds. The lowest BCUT2D eigenvalue weighted by molar-refractivity contribution is -0.118. The average molecular weight is 524 g/mol. The van der Waals surface area contributed by atoms with E-state index in [1.807, 2.05) is 0 Å². The number of hydrogen-bond donors (Lipinski definition) is 1. The number of rotatable bonds is 10. The molecule has 1 aliphatic carbocycles. The molecule has 0 bridgehead atoms. The number of nitrogens with zero attached hydrogens (tertiary/aromatic N) is 4. The average Bonchev–Trinajstić information content (AvgIpc) is 3.36. The predicted octanol–water partition coefficient (Wildman–Crippen LogP) is 5.03. The monoisotopic (exact) mass is 523 g/mol. The molecule has 1 aromatic heterocycles. The summed E-state index contributed by atoms with van der Waals surface area (Å²) in [5, 5.41) is 13.8. The molecule has 1 fully saturated rings. The summed E-state index contributed by atoms with van der Waals surface area (Å²) < 4.78 is 18.3. The molecular formula is C27H33N5O4S. The number of nitrogens with one attached hydrogen (secondary N) is 1. The van der Waals surface area contributed by atoms with Crippen LogP contribution in [-0.4, -0.2) is 54.0 Å². The van der Waals surface area contributed by atoms with Gasteiger partial charge in [0.1, 0.15) is 0 Å². The number of hydrogen-bond acceptors (Lipinski definition) is 8. The molecule has 0 aliphatic heterocycles. The Morgan fingerprint density at radius 3 is 2.35 bits per heavy atom. The van der Waals surface area contributed by atoms with Crippen LogP contribution in [0.3, 0.4) is 0 Å². The van der Waals surface area contributed by atoms with Crippen molar-refractivity contribution < 1.29 is 19.0 Å². The second-order valence-corrected chi connectivity index (χ2v) is 9.82. The third-order valence-corrected chi connectivity index (χ3v) is 7.28. The number of carbonyl (C=O) groups is 1. The maximum atomic E-state index is 12.6. The summed E-state index contributed by atoms with van der Waals surface area (Å²) in [6.07, 6.45) is 7.36. The number of methoxy groups -OCH3 is 3. The molecule has 3 aromatic rings. The lowest BCUT2D eigenvalue weighted by atomic mass is 9.95. The number of carbonyl (C=O) groups excluding carboxylic acids is 1. The topological polar surface area (TPSA) is 99.9 Å². The first kappa shape index (κ1) is 26.5. The van der Waals surface area contributed by atoms with E-state index in [0.29, 0.717) is 28.9 Å². The lowest BCUT2D eigenvalue weighted by Gasteiger charge is -2.25. The minimum absolute atomic E-state index is 0.172. The van der Waals surface area contributed by atoms with Gasteiger partial charge in [-0.3, -0.25) is 9.36 Å². The summed E-state index contributed by atoms with van der Waals surface area (Å²) in [7, 11) is 4.64. The Morgan fingerprint density at radius 2 is 1.73 bits per heavy atom. The van der Waals surface area contributed by atoms with Crippen molar-refractivity contribution in [1.82, 2.24) is 20.2 Å². The third kappa shape index (κ3) is 6.43. The van der Waals surface area contributed by atoms with Crippen molar-refractivity contribution in [3.8, 4) is 28.6 Å². The highest BCUT2D eigenvalue weighted by molar-refractivity contribution is 7.99. The van der Waals surface area contributed by atoms with Gasteiger partial charge in [0, 0.05) is 17.2 Å². The second kappa shape index (κ2) is 12.6. The summed E-state index contributed by atoms with van der Waals surface area (Å²) in [4.78, 5) is 12.6. The first-order chi connectivity index (χ1) is 18.0. The van der Waals surface area contributed by atoms with Crippen molar-refractivity contribution in [3.05, 3.63) is 47.5 Å². The minimum atomic E-state index is -0.233. The zero-order valence-electron chi connectivity index (χ0n) is 21.7. The zero-order chi connectivity index (χ0) is 26.2. The summed E-state index contributed by atoms with van der Waals surface area (Å²) in [5.74, 6) is 2.31. The van der Waals surface area contributed by atoms with Gasteiger partial charge in [-0.15, -0.1) is 10.2 Å². The fraction of sp³-hybridized carbons (Fsp3) is 0.407. The molecule has 0 atom stereocenters. The minimum Gasteiger partial charge on any atom is -0.493 e. The molecule has 10 heteroatoms. The van der Waals surface area contributed by atoms with Crippen LogP contribution in [0, 0.1) is 6.92 Å². The number of aromatic nitrogens is 3. The molecule has 4 rings (SSSR count). The van der Waals surface area contributed by atoms with Gasteiger partial charge in [0.25, 0.3) is 5.91 Å². The van der Waals surface area contributed by atoms with Gasteiger partial charge in [-0.05, 0) is 31.9 Å². The second-order valence-electron chi connectivity index (χ2n) is 8.87. The van der Waals surface area contributed by atoms with Gasteiger partial charge in [-0.2, -0.15) is 5.10 Å². The van der Waals surface area contributed by atoms with Gasteiger partial charge in [0.2, 0.25) is 5.75 Å². The van der Waals surface area contributed by atoms with Gasteiger partial charge in [0.15, 0.2) is 22.5 Å². The highest BCUT2D eigenvalue weighted by atomic mass is 32.2. The standard InChI is InChI=1S/C27H33N5O4S/c1-18-10-12-20(13-11-18)26-30-31-27(32(26)21-8-6-5-7-9-21)37-17-24(33)29-28-16-19-14-22(34-2)25(36-4)23(15-19)35-3/h10-16,21H,5-9,17H2,1-4H3,(H,29,33). The highest BCUT2D eigenvalue weighted by Crippen LogP contribution is 2.38. The van der Waals surface area contributed by atoms with E-state index < -0.39 is 0 Å². The van der Waals surface area contributed by atoms with E-state index in [2.05, 4.69) is 56.5 Å². The van der Waals surface area contributed by atoms with E-state index in [-0.39, 0.29) is 11.7 Å². The molecule has 1 heterocycles. The molecule has 1 N–H and O–H groups in total. The molecule has 0 radical (unpaired) electrons. The molecule has 9 nitrogen and oxygen atoms in total. The van der Waals surface area contributed by atoms with Crippen LogP contribution in [0.4, 0.5) is 0 Å². The van der Waals surface area contributed by atoms with E-state index in [1.165, 1.54) is 42.8 Å². The quantitative estimate of drug-likeness (QED) is 0.226. The number of amides is 1. The maximum absolute atomic E-state index is 12.6. The van der Waals surface area contributed by atoms with Crippen molar-refractivity contribution in [2.75, 3.05) is 27.1 Å². The van der Waals surface area contributed by atoms with Crippen molar-refractivity contribution >= 4 is 23.9 Å². The first-order valence-corrected chi connectivity index (χ1v) is 13.3. The van der Waals surface area contributed by atoms with Crippen LogP contribution in [-0.2, 0) is 4.79 Å². The highest BCUT2D eigenvalue weighted by Gasteiger charge is 2.24. The van der Waals surface area contributed by atoms with E-state index >= 15 is 0 Å². The molecule has 37 heavy (non-hydrogen) atoms. The van der Waals surface area contributed by atoms with Gasteiger partial charge in [-0.1, -0.05) is 60.9 Å². The Balaban J connectivity index is 1.44. The number of benzene rings is 2. The molecule has 0 unspecified atom stereocenters. The van der Waals surface area contributed by atoms with E-state index in [9.17, 15) is 4.79 Å². The van der Waals surface area contributed by atoms with E-state index in [0.717, 1.165) is 29.4 Å². The van der Waals surface area contributed by atoms with Crippen molar-refractivity contribution in [3.63, 3.8) is 0 Å². The SMILES string of the molecule is COc1cc(C=NNC(=O)CSc2nnc(-c3ccc(C)cc3)n2C2CCCCC2)cc(OC)c1OC. The molecule has 1 saturated carbocycles. The number of thioether (sulfide) groups is 1. The number of hydrazone groups is 1. The summed E-state index contributed by atoms with van der Waals surface area (Å²) in [5.41, 5.74) is 5.52. The summed E-state index contributed by atoms with van der Waals surface area (Å²) >= 11 is 1.38. The van der Waals surface area contributed by atoms with E-state index in [4.69, 9.17) is 14.2 Å². The van der Waals surface area contributed by atoms with Crippen LogP contribution >= 0.6 is 11.8 Å². The molecule has 0 saturated heterocycles.